The maximum Gasteiger partial charge on any atom is 0.109 e. The number of aliphatic hydroxyl groups excluding tert-OH is 1. The number of rotatable bonds is 18. The topological polar surface area (TPSA) is 57.2 Å². The van der Waals surface area contributed by atoms with Gasteiger partial charge in [0, 0.05) is 19.8 Å². The van der Waals surface area contributed by atoms with E-state index in [9.17, 15) is 5.11 Å². The van der Waals surface area contributed by atoms with Gasteiger partial charge in [-0.05, 0) is 26.2 Å². The standard InChI is InChI=1S/C19H40O5/c1-5-8-11-21-15-17(4)24-18(14-20)19(23-13-10-7-3)16-22-12-9-6-2/h17-20H,5-16H2,1-4H3/t17-,18?,19+/m1/s1. The first-order valence-corrected chi connectivity index (χ1v) is 9.72. The van der Waals surface area contributed by atoms with E-state index in [1.165, 1.54) is 0 Å². The van der Waals surface area contributed by atoms with Gasteiger partial charge >= 0.3 is 0 Å². The van der Waals surface area contributed by atoms with E-state index in [2.05, 4.69) is 20.8 Å². The summed E-state index contributed by atoms with van der Waals surface area (Å²) in [6.45, 7) is 11.4. The van der Waals surface area contributed by atoms with Gasteiger partial charge in [-0.3, -0.25) is 0 Å². The van der Waals surface area contributed by atoms with Gasteiger partial charge in [0.25, 0.3) is 0 Å². The molecular formula is C19H40O5. The van der Waals surface area contributed by atoms with E-state index in [1.54, 1.807) is 0 Å². The Morgan fingerprint density at radius 2 is 1.29 bits per heavy atom. The minimum atomic E-state index is -0.381. The van der Waals surface area contributed by atoms with E-state index in [0.717, 1.165) is 51.7 Å². The van der Waals surface area contributed by atoms with E-state index in [-0.39, 0.29) is 24.9 Å². The maximum absolute atomic E-state index is 9.71. The Morgan fingerprint density at radius 3 is 1.83 bits per heavy atom. The zero-order valence-electron chi connectivity index (χ0n) is 16.3. The summed E-state index contributed by atoms with van der Waals surface area (Å²) in [4.78, 5) is 0. The minimum Gasteiger partial charge on any atom is -0.394 e. The molecule has 0 aromatic heterocycles. The lowest BCUT2D eigenvalue weighted by molar-refractivity contribution is -0.147. The van der Waals surface area contributed by atoms with Crippen molar-refractivity contribution in [2.24, 2.45) is 0 Å². The van der Waals surface area contributed by atoms with Gasteiger partial charge < -0.3 is 24.1 Å². The third-order valence-corrected chi connectivity index (χ3v) is 3.75. The molecule has 0 aliphatic heterocycles. The summed E-state index contributed by atoms with van der Waals surface area (Å²) in [5, 5.41) is 9.71. The predicted molar refractivity (Wildman–Crippen MR) is 97.5 cm³/mol. The molecule has 0 aliphatic rings. The highest BCUT2D eigenvalue weighted by atomic mass is 16.6. The first kappa shape index (κ1) is 23.8. The van der Waals surface area contributed by atoms with Gasteiger partial charge in [0.1, 0.15) is 12.2 Å². The van der Waals surface area contributed by atoms with Crippen LogP contribution in [-0.2, 0) is 18.9 Å². The number of hydrogen-bond acceptors (Lipinski definition) is 5. The van der Waals surface area contributed by atoms with Crippen molar-refractivity contribution >= 4 is 0 Å². The molecule has 0 saturated heterocycles. The SMILES string of the molecule is CCCCOC[C@@H](C)OC(CO)[C@H](COCCCC)OCCCC. The molecule has 0 aromatic carbocycles. The Labute approximate surface area is 149 Å². The first-order valence-electron chi connectivity index (χ1n) is 9.72. The summed E-state index contributed by atoms with van der Waals surface area (Å²) in [6.07, 6.45) is 5.70. The van der Waals surface area contributed by atoms with Crippen LogP contribution < -0.4 is 0 Å². The summed E-state index contributed by atoms with van der Waals surface area (Å²) in [5.74, 6) is 0. The second-order valence-corrected chi connectivity index (χ2v) is 6.29. The van der Waals surface area contributed by atoms with E-state index >= 15 is 0 Å². The zero-order chi connectivity index (χ0) is 18.0. The quantitative estimate of drug-likeness (QED) is 0.384. The minimum absolute atomic E-state index is 0.0762. The molecule has 0 fully saturated rings. The third kappa shape index (κ3) is 13.1. The van der Waals surface area contributed by atoms with Crippen LogP contribution in [0.25, 0.3) is 0 Å². The summed E-state index contributed by atoms with van der Waals surface area (Å²) in [6, 6.07) is 0. The number of hydrogen-bond donors (Lipinski definition) is 1. The van der Waals surface area contributed by atoms with Gasteiger partial charge in [0.2, 0.25) is 0 Å². The van der Waals surface area contributed by atoms with Crippen LogP contribution in [0.15, 0.2) is 0 Å². The van der Waals surface area contributed by atoms with Crippen LogP contribution in [-0.4, -0.2) is 63.1 Å². The molecule has 1 unspecified atom stereocenters. The van der Waals surface area contributed by atoms with Crippen LogP contribution in [0.5, 0.6) is 0 Å². The zero-order valence-corrected chi connectivity index (χ0v) is 16.3. The lowest BCUT2D eigenvalue weighted by Gasteiger charge is -2.28. The first-order chi connectivity index (χ1) is 11.7. The molecule has 5 heteroatoms. The van der Waals surface area contributed by atoms with Crippen molar-refractivity contribution in [3.8, 4) is 0 Å². The van der Waals surface area contributed by atoms with Crippen molar-refractivity contribution in [1.29, 1.82) is 0 Å². The van der Waals surface area contributed by atoms with E-state index in [4.69, 9.17) is 18.9 Å². The average Bonchev–Trinajstić information content (AvgIpc) is 2.59. The van der Waals surface area contributed by atoms with Crippen molar-refractivity contribution in [3.05, 3.63) is 0 Å². The lowest BCUT2D eigenvalue weighted by atomic mass is 10.2. The maximum atomic E-state index is 9.71. The Balaban J connectivity index is 4.31. The lowest BCUT2D eigenvalue weighted by Crippen LogP contribution is -2.41. The summed E-state index contributed by atoms with van der Waals surface area (Å²) >= 11 is 0. The van der Waals surface area contributed by atoms with Crippen molar-refractivity contribution < 1.29 is 24.1 Å². The number of aliphatic hydroxyl groups is 1. The monoisotopic (exact) mass is 348 g/mol. The van der Waals surface area contributed by atoms with Gasteiger partial charge in [-0.25, -0.2) is 0 Å². The highest BCUT2D eigenvalue weighted by Gasteiger charge is 2.25. The fraction of sp³-hybridized carbons (Fsp3) is 1.00. The Bertz CT molecular complexity index is 250. The number of ether oxygens (including phenoxy) is 4. The van der Waals surface area contributed by atoms with E-state index in [1.807, 2.05) is 6.92 Å². The second kappa shape index (κ2) is 17.6. The average molecular weight is 349 g/mol. The summed E-state index contributed by atoms with van der Waals surface area (Å²) < 4.78 is 23.1. The Morgan fingerprint density at radius 1 is 0.750 bits per heavy atom. The van der Waals surface area contributed by atoms with Gasteiger partial charge in [-0.2, -0.15) is 0 Å². The van der Waals surface area contributed by atoms with Crippen molar-refractivity contribution in [1.82, 2.24) is 0 Å². The van der Waals surface area contributed by atoms with Gasteiger partial charge in [0.05, 0.1) is 25.9 Å². The Kier molecular flexibility index (Phi) is 17.5. The fourth-order valence-corrected chi connectivity index (χ4v) is 2.17. The van der Waals surface area contributed by atoms with Gasteiger partial charge in [-0.15, -0.1) is 0 Å². The van der Waals surface area contributed by atoms with E-state index < -0.39 is 0 Å². The molecule has 146 valence electrons. The highest BCUT2D eigenvalue weighted by Crippen LogP contribution is 2.10. The molecule has 1 N–H and O–H groups in total. The molecule has 0 aromatic rings. The van der Waals surface area contributed by atoms with Crippen LogP contribution in [0.2, 0.25) is 0 Å². The largest absolute Gasteiger partial charge is 0.394 e. The second-order valence-electron chi connectivity index (χ2n) is 6.29. The molecule has 5 nitrogen and oxygen atoms in total. The summed E-state index contributed by atoms with van der Waals surface area (Å²) in [5.41, 5.74) is 0. The smallest absolute Gasteiger partial charge is 0.109 e. The van der Waals surface area contributed by atoms with Gasteiger partial charge in [0.15, 0.2) is 0 Å². The molecular weight excluding hydrogens is 308 g/mol. The molecule has 24 heavy (non-hydrogen) atoms. The van der Waals surface area contributed by atoms with Crippen molar-refractivity contribution in [2.75, 3.05) is 39.6 Å². The van der Waals surface area contributed by atoms with Crippen LogP contribution in [0.1, 0.15) is 66.2 Å². The highest BCUT2D eigenvalue weighted by molar-refractivity contribution is 4.72. The molecule has 0 aliphatic carbocycles. The van der Waals surface area contributed by atoms with E-state index in [0.29, 0.717) is 19.8 Å². The molecule has 0 spiro atoms. The number of unbranched alkanes of at least 4 members (excludes halogenated alkanes) is 3. The Hall–Kier alpha value is -0.200. The third-order valence-electron chi connectivity index (χ3n) is 3.75. The van der Waals surface area contributed by atoms with Crippen LogP contribution in [0, 0.1) is 0 Å². The normalized spacial score (nSPS) is 15.4. The molecule has 0 saturated carbocycles. The van der Waals surface area contributed by atoms with Crippen LogP contribution in [0.3, 0.4) is 0 Å². The van der Waals surface area contributed by atoms with Crippen molar-refractivity contribution in [2.45, 2.75) is 84.5 Å². The van der Waals surface area contributed by atoms with Gasteiger partial charge in [-0.1, -0.05) is 40.0 Å². The fourth-order valence-electron chi connectivity index (χ4n) is 2.17. The predicted octanol–water partition coefficient (Wildman–Crippen LogP) is 3.57. The van der Waals surface area contributed by atoms with Crippen LogP contribution >= 0.6 is 0 Å². The summed E-state index contributed by atoms with van der Waals surface area (Å²) in [7, 11) is 0. The molecule has 3 atom stereocenters. The van der Waals surface area contributed by atoms with Crippen LogP contribution in [0.4, 0.5) is 0 Å². The molecule has 0 bridgehead atoms. The molecule has 0 radical (unpaired) electrons. The molecule has 0 amide bonds. The molecule has 0 heterocycles. The van der Waals surface area contributed by atoms with Crippen molar-refractivity contribution in [3.63, 3.8) is 0 Å². The molecule has 0 rings (SSSR count).